The van der Waals surface area contributed by atoms with Gasteiger partial charge in [-0.15, -0.1) is 5.10 Å². The van der Waals surface area contributed by atoms with Gasteiger partial charge < -0.3 is 4.74 Å². The van der Waals surface area contributed by atoms with Gasteiger partial charge >= 0.3 is 0 Å². The standard InChI is InChI=1S/C10H11N3O/c1-2-14-10-7-9(12-13-10)8-5-3-4-6-11-8/h3-7H,2H2,1H3,(H,12,13). The van der Waals surface area contributed by atoms with Crippen molar-refractivity contribution in [3.63, 3.8) is 0 Å². The van der Waals surface area contributed by atoms with Crippen molar-refractivity contribution in [2.45, 2.75) is 6.92 Å². The Kier molecular flexibility index (Phi) is 2.44. The van der Waals surface area contributed by atoms with E-state index in [0.29, 0.717) is 12.5 Å². The number of nitrogens with one attached hydrogen (secondary N) is 1. The van der Waals surface area contributed by atoms with E-state index in [4.69, 9.17) is 4.74 Å². The van der Waals surface area contributed by atoms with Gasteiger partial charge in [-0.25, -0.2) is 0 Å². The molecule has 2 aromatic rings. The minimum Gasteiger partial charge on any atom is -0.477 e. The van der Waals surface area contributed by atoms with Crippen molar-refractivity contribution in [2.24, 2.45) is 0 Å². The van der Waals surface area contributed by atoms with Crippen molar-refractivity contribution in [3.05, 3.63) is 30.5 Å². The van der Waals surface area contributed by atoms with E-state index in [9.17, 15) is 0 Å². The van der Waals surface area contributed by atoms with Crippen molar-refractivity contribution < 1.29 is 4.74 Å². The lowest BCUT2D eigenvalue weighted by Gasteiger charge is -1.94. The number of hydrogen-bond donors (Lipinski definition) is 1. The van der Waals surface area contributed by atoms with Gasteiger partial charge in [-0.05, 0) is 19.1 Å². The minimum absolute atomic E-state index is 0.605. The number of pyridine rings is 1. The molecule has 72 valence electrons. The zero-order valence-electron chi connectivity index (χ0n) is 7.90. The van der Waals surface area contributed by atoms with Gasteiger partial charge in [0.1, 0.15) is 0 Å². The fraction of sp³-hybridized carbons (Fsp3) is 0.200. The van der Waals surface area contributed by atoms with Crippen LogP contribution in [0.2, 0.25) is 0 Å². The molecule has 4 nitrogen and oxygen atoms in total. The average molecular weight is 189 g/mol. The van der Waals surface area contributed by atoms with Crippen LogP contribution in [-0.2, 0) is 0 Å². The van der Waals surface area contributed by atoms with Crippen molar-refractivity contribution in [2.75, 3.05) is 6.61 Å². The van der Waals surface area contributed by atoms with Gasteiger partial charge in [-0.3, -0.25) is 10.1 Å². The van der Waals surface area contributed by atoms with Crippen molar-refractivity contribution in [1.29, 1.82) is 0 Å². The number of ether oxygens (including phenoxy) is 1. The third kappa shape index (κ3) is 1.74. The molecule has 0 fully saturated rings. The summed E-state index contributed by atoms with van der Waals surface area (Å²) in [7, 11) is 0. The van der Waals surface area contributed by atoms with Crippen LogP contribution in [0.25, 0.3) is 11.4 Å². The lowest BCUT2D eigenvalue weighted by Crippen LogP contribution is -1.90. The van der Waals surface area contributed by atoms with Crippen LogP contribution in [0.15, 0.2) is 30.5 Å². The number of H-pyrrole nitrogens is 1. The van der Waals surface area contributed by atoms with Gasteiger partial charge in [0.2, 0.25) is 5.88 Å². The normalized spacial score (nSPS) is 10.1. The quantitative estimate of drug-likeness (QED) is 0.801. The molecule has 0 spiro atoms. The molecule has 0 saturated carbocycles. The van der Waals surface area contributed by atoms with Crippen LogP contribution in [0.4, 0.5) is 0 Å². The fourth-order valence-corrected chi connectivity index (χ4v) is 1.18. The molecular formula is C10H11N3O. The molecule has 0 aliphatic rings. The lowest BCUT2D eigenvalue weighted by molar-refractivity contribution is 0.326. The van der Waals surface area contributed by atoms with Gasteiger partial charge in [0, 0.05) is 12.3 Å². The number of aromatic amines is 1. The summed E-state index contributed by atoms with van der Waals surface area (Å²) in [6, 6.07) is 7.57. The molecule has 0 atom stereocenters. The molecule has 2 heterocycles. The Bertz CT molecular complexity index is 397. The maximum absolute atomic E-state index is 5.24. The Balaban J connectivity index is 2.25. The molecule has 2 rings (SSSR count). The smallest absolute Gasteiger partial charge is 0.233 e. The molecule has 14 heavy (non-hydrogen) atoms. The van der Waals surface area contributed by atoms with E-state index in [-0.39, 0.29) is 0 Å². The number of hydrogen-bond acceptors (Lipinski definition) is 3. The molecule has 0 aliphatic heterocycles. The number of nitrogens with zero attached hydrogens (tertiary/aromatic N) is 2. The summed E-state index contributed by atoms with van der Waals surface area (Å²) in [5.74, 6) is 0.605. The predicted octanol–water partition coefficient (Wildman–Crippen LogP) is 1.87. The molecule has 0 radical (unpaired) electrons. The number of aromatic nitrogens is 3. The van der Waals surface area contributed by atoms with Crippen LogP contribution >= 0.6 is 0 Å². The van der Waals surface area contributed by atoms with Crippen molar-refractivity contribution in [1.82, 2.24) is 15.2 Å². The highest BCUT2D eigenvalue weighted by atomic mass is 16.5. The van der Waals surface area contributed by atoms with E-state index in [1.807, 2.05) is 31.2 Å². The van der Waals surface area contributed by atoms with Crippen LogP contribution in [0.5, 0.6) is 5.88 Å². The zero-order valence-corrected chi connectivity index (χ0v) is 7.90. The Morgan fingerprint density at radius 3 is 3.07 bits per heavy atom. The Hall–Kier alpha value is -1.84. The van der Waals surface area contributed by atoms with Crippen LogP contribution in [0, 0.1) is 0 Å². The second-order valence-electron chi connectivity index (χ2n) is 2.77. The van der Waals surface area contributed by atoms with E-state index in [0.717, 1.165) is 11.4 Å². The summed E-state index contributed by atoms with van der Waals surface area (Å²) >= 11 is 0. The van der Waals surface area contributed by atoms with E-state index in [2.05, 4.69) is 15.2 Å². The minimum atomic E-state index is 0.605. The lowest BCUT2D eigenvalue weighted by atomic mass is 10.3. The third-order valence-corrected chi connectivity index (χ3v) is 1.79. The third-order valence-electron chi connectivity index (χ3n) is 1.79. The summed E-state index contributed by atoms with van der Waals surface area (Å²) in [6.45, 7) is 2.54. The van der Waals surface area contributed by atoms with Crippen LogP contribution in [0.3, 0.4) is 0 Å². The molecule has 0 aromatic carbocycles. The monoisotopic (exact) mass is 189 g/mol. The summed E-state index contributed by atoms with van der Waals surface area (Å²) < 4.78 is 5.24. The van der Waals surface area contributed by atoms with Crippen LogP contribution < -0.4 is 4.74 Å². The molecule has 0 bridgehead atoms. The number of rotatable bonds is 3. The van der Waals surface area contributed by atoms with E-state index < -0.39 is 0 Å². The molecule has 0 aliphatic carbocycles. The molecule has 1 N–H and O–H groups in total. The van der Waals surface area contributed by atoms with Crippen molar-refractivity contribution in [3.8, 4) is 17.3 Å². The first-order chi connectivity index (χ1) is 6.90. The molecule has 0 unspecified atom stereocenters. The molecule has 0 saturated heterocycles. The topological polar surface area (TPSA) is 50.8 Å². The average Bonchev–Trinajstić information content (AvgIpc) is 2.68. The first-order valence-electron chi connectivity index (χ1n) is 4.49. The summed E-state index contributed by atoms with van der Waals surface area (Å²) in [4.78, 5) is 4.20. The van der Waals surface area contributed by atoms with Gasteiger partial charge in [-0.2, -0.15) is 0 Å². The highest BCUT2D eigenvalue weighted by Gasteiger charge is 2.03. The molecule has 2 aromatic heterocycles. The zero-order chi connectivity index (χ0) is 9.80. The SMILES string of the molecule is CCOc1cc(-c2ccccn2)[nH]n1. The van der Waals surface area contributed by atoms with Crippen molar-refractivity contribution >= 4 is 0 Å². The van der Waals surface area contributed by atoms with E-state index >= 15 is 0 Å². The van der Waals surface area contributed by atoms with Crippen LogP contribution in [-0.4, -0.2) is 21.8 Å². The van der Waals surface area contributed by atoms with Crippen LogP contribution in [0.1, 0.15) is 6.92 Å². The fourth-order valence-electron chi connectivity index (χ4n) is 1.18. The Morgan fingerprint density at radius 1 is 1.43 bits per heavy atom. The second-order valence-corrected chi connectivity index (χ2v) is 2.77. The molecule has 4 heteroatoms. The highest BCUT2D eigenvalue weighted by molar-refractivity contribution is 5.54. The highest BCUT2D eigenvalue weighted by Crippen LogP contribution is 2.17. The summed E-state index contributed by atoms with van der Waals surface area (Å²) in [5.41, 5.74) is 1.74. The van der Waals surface area contributed by atoms with E-state index in [1.54, 1.807) is 6.20 Å². The van der Waals surface area contributed by atoms with Gasteiger partial charge in [0.15, 0.2) is 0 Å². The second kappa shape index (κ2) is 3.91. The predicted molar refractivity (Wildman–Crippen MR) is 53.0 cm³/mol. The van der Waals surface area contributed by atoms with E-state index in [1.165, 1.54) is 0 Å². The van der Waals surface area contributed by atoms with Gasteiger partial charge in [-0.1, -0.05) is 6.07 Å². The summed E-state index contributed by atoms with van der Waals surface area (Å²) in [6.07, 6.45) is 1.75. The Morgan fingerprint density at radius 2 is 2.36 bits per heavy atom. The molecular weight excluding hydrogens is 178 g/mol. The Labute approximate surface area is 81.9 Å². The first kappa shape index (κ1) is 8.74. The first-order valence-corrected chi connectivity index (χ1v) is 4.49. The maximum atomic E-state index is 5.24. The maximum Gasteiger partial charge on any atom is 0.233 e. The van der Waals surface area contributed by atoms with Gasteiger partial charge in [0.25, 0.3) is 0 Å². The molecule has 0 amide bonds. The largest absolute Gasteiger partial charge is 0.477 e. The van der Waals surface area contributed by atoms with Gasteiger partial charge in [0.05, 0.1) is 18.0 Å². The summed E-state index contributed by atoms with van der Waals surface area (Å²) in [5, 5.41) is 6.86.